The van der Waals surface area contributed by atoms with Gasteiger partial charge in [-0.05, 0) is 19.9 Å². The van der Waals surface area contributed by atoms with Gasteiger partial charge in [0.15, 0.2) is 0 Å². The van der Waals surface area contributed by atoms with Crippen LogP contribution in [0.4, 0.5) is 11.5 Å². The van der Waals surface area contributed by atoms with Crippen LogP contribution in [0.25, 0.3) is 0 Å². The van der Waals surface area contributed by atoms with Crippen molar-refractivity contribution in [3.05, 3.63) is 18.3 Å². The van der Waals surface area contributed by atoms with E-state index in [0.29, 0.717) is 0 Å². The molecular formula is C12H21N3O. The second kappa shape index (κ2) is 7.06. The molecule has 0 aromatic carbocycles. The van der Waals surface area contributed by atoms with E-state index in [2.05, 4.69) is 35.1 Å². The third kappa shape index (κ3) is 3.70. The highest BCUT2D eigenvalue weighted by Crippen LogP contribution is 2.16. The summed E-state index contributed by atoms with van der Waals surface area (Å²) in [5, 5.41) is 3.21. The molecule has 1 aromatic heterocycles. The molecule has 0 saturated carbocycles. The highest BCUT2D eigenvalue weighted by atomic mass is 16.5. The molecule has 0 aliphatic heterocycles. The van der Waals surface area contributed by atoms with Crippen LogP contribution < -0.4 is 10.2 Å². The van der Waals surface area contributed by atoms with E-state index >= 15 is 0 Å². The Balaban J connectivity index is 2.71. The van der Waals surface area contributed by atoms with E-state index < -0.39 is 0 Å². The van der Waals surface area contributed by atoms with Crippen molar-refractivity contribution in [1.82, 2.24) is 4.98 Å². The van der Waals surface area contributed by atoms with Gasteiger partial charge in [0.2, 0.25) is 0 Å². The van der Waals surface area contributed by atoms with Crippen molar-refractivity contribution in [2.24, 2.45) is 0 Å². The van der Waals surface area contributed by atoms with Gasteiger partial charge in [0, 0.05) is 44.7 Å². The molecule has 0 amide bonds. The molecule has 4 heteroatoms. The Morgan fingerprint density at radius 2 is 2.25 bits per heavy atom. The lowest BCUT2D eigenvalue weighted by Gasteiger charge is -2.23. The molecule has 90 valence electrons. The summed E-state index contributed by atoms with van der Waals surface area (Å²) in [5.41, 5.74) is 1.19. The fraction of sp³-hybridized carbons (Fsp3) is 0.583. The predicted molar refractivity (Wildman–Crippen MR) is 68.2 cm³/mol. The molecule has 1 heterocycles. The minimum atomic E-state index is 0.743. The van der Waals surface area contributed by atoms with Gasteiger partial charge in [-0.3, -0.25) is 0 Å². The summed E-state index contributed by atoms with van der Waals surface area (Å²) in [7, 11) is 1.73. The van der Waals surface area contributed by atoms with Gasteiger partial charge in [0.05, 0.1) is 6.61 Å². The number of hydrogen-bond acceptors (Lipinski definition) is 4. The molecule has 1 aromatic rings. The Morgan fingerprint density at radius 3 is 2.88 bits per heavy atom. The predicted octanol–water partition coefficient (Wildman–Crippen LogP) is 1.99. The summed E-state index contributed by atoms with van der Waals surface area (Å²) < 4.78 is 5.10. The Hall–Kier alpha value is -1.29. The van der Waals surface area contributed by atoms with Crippen LogP contribution in [0, 0.1) is 0 Å². The molecule has 0 atom stereocenters. The number of pyridine rings is 1. The lowest BCUT2D eigenvalue weighted by atomic mass is 10.3. The van der Waals surface area contributed by atoms with E-state index in [1.165, 1.54) is 5.69 Å². The van der Waals surface area contributed by atoms with Crippen LogP contribution >= 0.6 is 0 Å². The van der Waals surface area contributed by atoms with Crippen LogP contribution in [0.1, 0.15) is 13.8 Å². The summed E-state index contributed by atoms with van der Waals surface area (Å²) in [6, 6.07) is 4.10. The average molecular weight is 223 g/mol. The number of nitrogens with one attached hydrogen (secondary N) is 1. The Bertz CT molecular complexity index is 304. The standard InChI is InChI=1S/C12H21N3O/c1-4-13-12-10-11(6-7-14-12)15(5-2)8-9-16-3/h6-7,10H,4-5,8-9H2,1-3H3,(H,13,14). The summed E-state index contributed by atoms with van der Waals surface area (Å²) in [6.07, 6.45) is 1.84. The molecule has 4 nitrogen and oxygen atoms in total. The van der Waals surface area contributed by atoms with Crippen molar-refractivity contribution < 1.29 is 4.74 Å². The number of methoxy groups -OCH3 is 1. The number of nitrogens with zero attached hydrogens (tertiary/aromatic N) is 2. The molecule has 0 spiro atoms. The quantitative estimate of drug-likeness (QED) is 0.767. The number of ether oxygens (including phenoxy) is 1. The van der Waals surface area contributed by atoms with Gasteiger partial charge >= 0.3 is 0 Å². The second-order valence-corrected chi connectivity index (χ2v) is 3.50. The van der Waals surface area contributed by atoms with Crippen molar-refractivity contribution in [2.75, 3.05) is 43.6 Å². The fourth-order valence-corrected chi connectivity index (χ4v) is 1.57. The minimum absolute atomic E-state index is 0.743. The molecule has 0 fully saturated rings. The number of hydrogen-bond donors (Lipinski definition) is 1. The highest BCUT2D eigenvalue weighted by molar-refractivity contribution is 5.53. The van der Waals surface area contributed by atoms with Gasteiger partial charge in [-0.1, -0.05) is 0 Å². The molecule has 0 aliphatic carbocycles. The van der Waals surface area contributed by atoms with Crippen LogP contribution in [0.5, 0.6) is 0 Å². The number of aromatic nitrogens is 1. The van der Waals surface area contributed by atoms with E-state index in [1.54, 1.807) is 7.11 Å². The number of likely N-dealkylation sites (N-methyl/N-ethyl adjacent to an activating group) is 1. The SMILES string of the molecule is CCNc1cc(N(CC)CCOC)ccn1. The Morgan fingerprint density at radius 1 is 1.44 bits per heavy atom. The molecule has 1 N–H and O–H groups in total. The molecule has 16 heavy (non-hydrogen) atoms. The zero-order valence-electron chi connectivity index (χ0n) is 10.4. The maximum Gasteiger partial charge on any atom is 0.127 e. The zero-order valence-corrected chi connectivity index (χ0v) is 10.4. The van der Waals surface area contributed by atoms with E-state index in [-0.39, 0.29) is 0 Å². The molecule has 0 bridgehead atoms. The Labute approximate surface area is 97.6 Å². The van der Waals surface area contributed by atoms with Crippen LogP contribution in [0.3, 0.4) is 0 Å². The van der Waals surface area contributed by atoms with Crippen molar-refractivity contribution >= 4 is 11.5 Å². The molecule has 1 rings (SSSR count). The van der Waals surface area contributed by atoms with Gasteiger partial charge in [-0.2, -0.15) is 0 Å². The van der Waals surface area contributed by atoms with Crippen molar-refractivity contribution in [3.63, 3.8) is 0 Å². The monoisotopic (exact) mass is 223 g/mol. The van der Waals surface area contributed by atoms with Crippen LogP contribution in [0.2, 0.25) is 0 Å². The van der Waals surface area contributed by atoms with Crippen LogP contribution in [0.15, 0.2) is 18.3 Å². The zero-order chi connectivity index (χ0) is 11.8. The van der Waals surface area contributed by atoms with Crippen molar-refractivity contribution in [2.45, 2.75) is 13.8 Å². The highest BCUT2D eigenvalue weighted by Gasteiger charge is 2.04. The summed E-state index contributed by atoms with van der Waals surface area (Å²) in [6.45, 7) is 7.72. The van der Waals surface area contributed by atoms with E-state index in [4.69, 9.17) is 4.74 Å². The van der Waals surface area contributed by atoms with Crippen LogP contribution in [-0.4, -0.2) is 38.3 Å². The number of anilines is 2. The third-order valence-electron chi connectivity index (χ3n) is 2.41. The first-order valence-corrected chi connectivity index (χ1v) is 5.75. The molecule has 0 aliphatic rings. The lowest BCUT2D eigenvalue weighted by molar-refractivity contribution is 0.205. The first-order valence-electron chi connectivity index (χ1n) is 5.75. The van der Waals surface area contributed by atoms with Gasteiger partial charge in [0.1, 0.15) is 5.82 Å². The van der Waals surface area contributed by atoms with Gasteiger partial charge < -0.3 is 15.0 Å². The summed E-state index contributed by atoms with van der Waals surface area (Å²) in [5.74, 6) is 0.927. The second-order valence-electron chi connectivity index (χ2n) is 3.50. The first-order chi connectivity index (χ1) is 7.81. The van der Waals surface area contributed by atoms with E-state index in [9.17, 15) is 0 Å². The smallest absolute Gasteiger partial charge is 0.127 e. The lowest BCUT2D eigenvalue weighted by Crippen LogP contribution is -2.26. The molecule has 0 radical (unpaired) electrons. The summed E-state index contributed by atoms with van der Waals surface area (Å²) in [4.78, 5) is 6.53. The van der Waals surface area contributed by atoms with Crippen LogP contribution in [-0.2, 0) is 4.74 Å². The minimum Gasteiger partial charge on any atom is -0.383 e. The molecule has 0 saturated heterocycles. The number of rotatable bonds is 7. The molecular weight excluding hydrogens is 202 g/mol. The fourth-order valence-electron chi connectivity index (χ4n) is 1.57. The van der Waals surface area contributed by atoms with E-state index in [0.717, 1.165) is 32.1 Å². The maximum absolute atomic E-state index is 5.10. The largest absolute Gasteiger partial charge is 0.383 e. The topological polar surface area (TPSA) is 37.4 Å². The third-order valence-corrected chi connectivity index (χ3v) is 2.41. The maximum atomic E-state index is 5.10. The Kier molecular flexibility index (Phi) is 5.64. The first kappa shape index (κ1) is 12.8. The summed E-state index contributed by atoms with van der Waals surface area (Å²) >= 11 is 0. The average Bonchev–Trinajstić information content (AvgIpc) is 2.31. The van der Waals surface area contributed by atoms with E-state index in [1.807, 2.05) is 12.3 Å². The van der Waals surface area contributed by atoms with Gasteiger partial charge in [-0.15, -0.1) is 0 Å². The normalized spacial score (nSPS) is 10.2. The molecule has 0 unspecified atom stereocenters. The van der Waals surface area contributed by atoms with Crippen molar-refractivity contribution in [3.8, 4) is 0 Å². The van der Waals surface area contributed by atoms with Crippen molar-refractivity contribution in [1.29, 1.82) is 0 Å². The van der Waals surface area contributed by atoms with Gasteiger partial charge in [0.25, 0.3) is 0 Å². The van der Waals surface area contributed by atoms with Gasteiger partial charge in [-0.25, -0.2) is 4.98 Å².